The van der Waals surface area contributed by atoms with Crippen molar-refractivity contribution in [3.8, 4) is 0 Å². The van der Waals surface area contributed by atoms with E-state index in [0.717, 1.165) is 27.9 Å². The zero-order valence-corrected chi connectivity index (χ0v) is 15.0. The van der Waals surface area contributed by atoms with Gasteiger partial charge in [0.1, 0.15) is 6.04 Å². The van der Waals surface area contributed by atoms with Crippen molar-refractivity contribution in [1.82, 2.24) is 15.3 Å². The molecule has 0 unspecified atom stereocenters. The Bertz CT molecular complexity index is 886. The highest BCUT2D eigenvalue weighted by Gasteiger charge is 2.41. The van der Waals surface area contributed by atoms with Gasteiger partial charge in [0.15, 0.2) is 5.11 Å². The fraction of sp³-hybridized carbons (Fsp3) is 0.200. The molecule has 0 spiro atoms. The van der Waals surface area contributed by atoms with Gasteiger partial charge in [-0.05, 0) is 62.5 Å². The Morgan fingerprint density at radius 1 is 1.00 bits per heavy atom. The fourth-order valence-corrected chi connectivity index (χ4v) is 3.70. The van der Waals surface area contributed by atoms with Gasteiger partial charge in [-0.15, -0.1) is 0 Å². The van der Waals surface area contributed by atoms with E-state index >= 15 is 0 Å². The van der Waals surface area contributed by atoms with Gasteiger partial charge in [-0.3, -0.25) is 4.98 Å². The number of nitrogens with zero attached hydrogens (tertiary/aromatic N) is 2. The molecular formula is C20H20N4S. The monoisotopic (exact) mass is 348 g/mol. The summed E-state index contributed by atoms with van der Waals surface area (Å²) >= 11 is 5.69. The molecule has 0 radical (unpaired) electrons. The van der Waals surface area contributed by atoms with Crippen molar-refractivity contribution in [2.45, 2.75) is 25.9 Å². The van der Waals surface area contributed by atoms with Crippen molar-refractivity contribution in [2.75, 3.05) is 4.90 Å². The van der Waals surface area contributed by atoms with Gasteiger partial charge in [0.25, 0.3) is 0 Å². The quantitative estimate of drug-likeness (QED) is 0.696. The van der Waals surface area contributed by atoms with Gasteiger partial charge in [-0.2, -0.15) is 0 Å². The second-order valence-electron chi connectivity index (χ2n) is 6.43. The molecule has 2 atom stereocenters. The first-order valence-electron chi connectivity index (χ1n) is 8.36. The molecule has 3 heterocycles. The van der Waals surface area contributed by atoms with Gasteiger partial charge in [-0.1, -0.05) is 23.8 Å². The van der Waals surface area contributed by atoms with E-state index in [1.54, 1.807) is 0 Å². The van der Waals surface area contributed by atoms with Crippen LogP contribution in [0.5, 0.6) is 0 Å². The van der Waals surface area contributed by atoms with E-state index in [2.05, 4.69) is 70.4 Å². The number of H-pyrrole nitrogens is 1. The van der Waals surface area contributed by atoms with Crippen LogP contribution in [-0.4, -0.2) is 15.1 Å². The van der Waals surface area contributed by atoms with Crippen molar-refractivity contribution >= 4 is 23.0 Å². The van der Waals surface area contributed by atoms with Gasteiger partial charge in [0.05, 0.1) is 11.7 Å². The van der Waals surface area contributed by atoms with Crippen LogP contribution in [0, 0.1) is 13.8 Å². The summed E-state index contributed by atoms with van der Waals surface area (Å²) in [7, 11) is 0. The predicted octanol–water partition coefficient (Wildman–Crippen LogP) is 4.20. The van der Waals surface area contributed by atoms with E-state index < -0.39 is 0 Å². The molecule has 4 rings (SSSR count). The lowest BCUT2D eigenvalue weighted by Gasteiger charge is -2.27. The fourth-order valence-electron chi connectivity index (χ4n) is 3.35. The second-order valence-corrected chi connectivity index (χ2v) is 6.82. The third kappa shape index (κ3) is 2.91. The van der Waals surface area contributed by atoms with Crippen LogP contribution >= 0.6 is 12.2 Å². The van der Waals surface area contributed by atoms with E-state index in [-0.39, 0.29) is 12.1 Å². The third-order valence-corrected chi connectivity index (χ3v) is 4.90. The van der Waals surface area contributed by atoms with E-state index in [0.29, 0.717) is 0 Å². The van der Waals surface area contributed by atoms with Crippen LogP contribution in [0.1, 0.15) is 34.7 Å². The Morgan fingerprint density at radius 2 is 1.80 bits per heavy atom. The molecule has 0 aliphatic carbocycles. The summed E-state index contributed by atoms with van der Waals surface area (Å²) in [6.45, 7) is 4.16. The summed E-state index contributed by atoms with van der Waals surface area (Å²) < 4.78 is 0. The van der Waals surface area contributed by atoms with Crippen molar-refractivity contribution in [1.29, 1.82) is 0 Å². The van der Waals surface area contributed by atoms with Crippen LogP contribution in [0.25, 0.3) is 0 Å². The summed E-state index contributed by atoms with van der Waals surface area (Å²) in [4.78, 5) is 10.2. The Labute approximate surface area is 152 Å². The maximum Gasteiger partial charge on any atom is 0.174 e. The van der Waals surface area contributed by atoms with E-state index in [9.17, 15) is 0 Å². The van der Waals surface area contributed by atoms with Crippen LogP contribution in [-0.2, 0) is 0 Å². The zero-order valence-electron chi connectivity index (χ0n) is 14.2. The number of aromatic amines is 1. The number of thiocarbonyl (C=S) groups is 1. The number of pyridine rings is 1. The van der Waals surface area contributed by atoms with E-state index in [1.807, 2.05) is 24.4 Å². The lowest BCUT2D eigenvalue weighted by molar-refractivity contribution is 0.558. The first-order chi connectivity index (χ1) is 12.1. The number of nitrogens with one attached hydrogen (secondary N) is 2. The third-order valence-electron chi connectivity index (χ3n) is 4.58. The predicted molar refractivity (Wildman–Crippen MR) is 105 cm³/mol. The molecule has 1 aliphatic rings. The number of rotatable bonds is 3. The maximum atomic E-state index is 5.69. The molecule has 2 N–H and O–H groups in total. The van der Waals surface area contributed by atoms with Crippen LogP contribution in [0.15, 0.2) is 60.8 Å². The number of aromatic nitrogens is 2. The molecule has 126 valence electrons. The standard InChI is InChI=1S/C20H20N4S/c1-13-6-9-15(10-7-13)24-19(17-11-8-14(2)22-17)18(23-20(24)25)16-5-3-4-12-21-16/h3-12,18-19,22H,1-2H3,(H,23,25)/t18-,19+/m1/s1. The average molecular weight is 348 g/mol. The SMILES string of the molecule is Cc1ccc(N2C(=S)N[C@H](c3ccccn3)[C@@H]2c2ccc(C)[nH]2)cc1. The summed E-state index contributed by atoms with van der Waals surface area (Å²) in [5.41, 5.74) is 5.56. The van der Waals surface area contributed by atoms with Crippen molar-refractivity contribution < 1.29 is 0 Å². The van der Waals surface area contributed by atoms with Crippen molar-refractivity contribution in [2.24, 2.45) is 0 Å². The number of hydrogen-bond donors (Lipinski definition) is 2. The first kappa shape index (κ1) is 15.8. The van der Waals surface area contributed by atoms with Crippen molar-refractivity contribution in [3.05, 3.63) is 83.4 Å². The molecule has 1 fully saturated rings. The highest BCUT2D eigenvalue weighted by Crippen LogP contribution is 2.40. The maximum absolute atomic E-state index is 5.69. The average Bonchev–Trinajstić information content (AvgIpc) is 3.20. The number of hydrogen-bond acceptors (Lipinski definition) is 2. The largest absolute Gasteiger partial charge is 0.361 e. The van der Waals surface area contributed by atoms with E-state index in [1.165, 1.54) is 5.56 Å². The minimum Gasteiger partial charge on any atom is -0.361 e. The van der Waals surface area contributed by atoms with Crippen LogP contribution in [0.3, 0.4) is 0 Å². The Balaban J connectivity index is 1.81. The summed E-state index contributed by atoms with van der Waals surface area (Å²) in [5.74, 6) is 0. The molecule has 1 aliphatic heterocycles. The lowest BCUT2D eigenvalue weighted by Crippen LogP contribution is -2.29. The summed E-state index contributed by atoms with van der Waals surface area (Å²) in [6.07, 6.45) is 1.83. The van der Waals surface area contributed by atoms with Crippen molar-refractivity contribution in [3.63, 3.8) is 0 Å². The smallest absolute Gasteiger partial charge is 0.174 e. The number of benzene rings is 1. The summed E-state index contributed by atoms with van der Waals surface area (Å²) in [5, 5.41) is 4.19. The number of anilines is 1. The van der Waals surface area contributed by atoms with Crippen LogP contribution in [0.2, 0.25) is 0 Å². The molecule has 3 aromatic rings. The Hall–Kier alpha value is -2.66. The molecule has 2 aromatic heterocycles. The summed E-state index contributed by atoms with van der Waals surface area (Å²) in [6, 6.07) is 18.7. The lowest BCUT2D eigenvalue weighted by atomic mass is 10.0. The highest BCUT2D eigenvalue weighted by molar-refractivity contribution is 7.80. The Kier molecular flexibility index (Phi) is 4.01. The topological polar surface area (TPSA) is 44.0 Å². The minimum absolute atomic E-state index is 0.00643. The van der Waals surface area contributed by atoms with Gasteiger partial charge in [-0.25, -0.2) is 0 Å². The molecule has 1 saturated heterocycles. The minimum atomic E-state index is -0.00643. The van der Waals surface area contributed by atoms with Gasteiger partial charge >= 0.3 is 0 Å². The molecule has 5 heteroatoms. The number of aryl methyl sites for hydroxylation is 2. The van der Waals surface area contributed by atoms with Gasteiger partial charge < -0.3 is 15.2 Å². The van der Waals surface area contributed by atoms with Crippen LogP contribution < -0.4 is 10.2 Å². The molecule has 0 amide bonds. The first-order valence-corrected chi connectivity index (χ1v) is 8.77. The Morgan fingerprint density at radius 3 is 2.44 bits per heavy atom. The molecule has 4 nitrogen and oxygen atoms in total. The molecular weight excluding hydrogens is 328 g/mol. The highest BCUT2D eigenvalue weighted by atomic mass is 32.1. The zero-order chi connectivity index (χ0) is 17.4. The van der Waals surface area contributed by atoms with Crippen LogP contribution in [0.4, 0.5) is 5.69 Å². The normalized spacial score (nSPS) is 19.9. The van der Waals surface area contributed by atoms with Gasteiger partial charge in [0, 0.05) is 23.3 Å². The molecule has 0 bridgehead atoms. The second kappa shape index (κ2) is 6.33. The molecule has 25 heavy (non-hydrogen) atoms. The van der Waals surface area contributed by atoms with E-state index in [4.69, 9.17) is 12.2 Å². The van der Waals surface area contributed by atoms with Gasteiger partial charge in [0.2, 0.25) is 0 Å². The molecule has 0 saturated carbocycles. The molecule has 1 aromatic carbocycles.